The second-order valence-electron chi connectivity index (χ2n) is 6.39. The van der Waals surface area contributed by atoms with Crippen LogP contribution in [0.3, 0.4) is 0 Å². The lowest BCUT2D eigenvalue weighted by molar-refractivity contribution is -0.111. The lowest BCUT2D eigenvalue weighted by Crippen LogP contribution is -2.08. The Morgan fingerprint density at radius 3 is 2.63 bits per heavy atom. The molecule has 0 unspecified atom stereocenters. The number of para-hydroxylation sites is 2. The molecule has 0 aliphatic heterocycles. The van der Waals surface area contributed by atoms with Crippen LogP contribution >= 0.6 is 0 Å². The number of halogens is 2. The van der Waals surface area contributed by atoms with Gasteiger partial charge in [0.25, 0.3) is 0 Å². The Kier molecular flexibility index (Phi) is 5.34. The Bertz CT molecular complexity index is 1250. The fraction of sp³-hybridized carbons (Fsp3) is 0.0870. The molecule has 1 aromatic heterocycles. The lowest BCUT2D eigenvalue weighted by Gasteiger charge is -2.12. The summed E-state index contributed by atoms with van der Waals surface area (Å²) in [4.78, 5) is 12.4. The summed E-state index contributed by atoms with van der Waals surface area (Å²) >= 11 is 0. The number of methoxy groups -OCH3 is 1. The maximum Gasteiger partial charge on any atom is 0.387 e. The number of hydrogen-bond acceptors (Lipinski definition) is 4. The zero-order valence-electron chi connectivity index (χ0n) is 15.9. The molecule has 0 spiro atoms. The average molecular weight is 409 g/mol. The number of hydrogen-bond donors (Lipinski definition) is 1. The normalized spacial score (nSPS) is 11.5. The first kappa shape index (κ1) is 19.4. The van der Waals surface area contributed by atoms with E-state index in [1.165, 1.54) is 25.3 Å². The van der Waals surface area contributed by atoms with Crippen molar-refractivity contribution in [3.63, 3.8) is 0 Å². The third-order valence-corrected chi connectivity index (χ3v) is 4.49. The minimum atomic E-state index is -3.02. The Morgan fingerprint density at radius 1 is 1.03 bits per heavy atom. The summed E-state index contributed by atoms with van der Waals surface area (Å²) in [5.41, 5.74) is 2.36. The van der Waals surface area contributed by atoms with Crippen molar-refractivity contribution in [1.29, 1.82) is 0 Å². The monoisotopic (exact) mass is 409 g/mol. The van der Waals surface area contributed by atoms with E-state index in [-0.39, 0.29) is 11.5 Å². The number of fused-ring (bicyclic) bond motifs is 3. The molecular weight excluding hydrogens is 392 g/mol. The maximum atomic E-state index is 12.7. The zero-order valence-corrected chi connectivity index (χ0v) is 15.9. The minimum absolute atomic E-state index is 0.134. The number of ether oxygens (including phenoxy) is 2. The van der Waals surface area contributed by atoms with Gasteiger partial charge in [0.1, 0.15) is 11.2 Å². The number of amides is 1. The van der Waals surface area contributed by atoms with Gasteiger partial charge in [0, 0.05) is 28.1 Å². The van der Waals surface area contributed by atoms with Crippen molar-refractivity contribution in [3.8, 4) is 11.5 Å². The van der Waals surface area contributed by atoms with E-state index in [4.69, 9.17) is 9.15 Å². The average Bonchev–Trinajstić information content (AvgIpc) is 3.10. The Balaban J connectivity index is 1.56. The number of alkyl halides is 2. The van der Waals surface area contributed by atoms with E-state index >= 15 is 0 Å². The molecule has 5 nitrogen and oxygen atoms in total. The molecule has 4 aromatic rings. The number of nitrogens with one attached hydrogen (secondary N) is 1. The summed E-state index contributed by atoms with van der Waals surface area (Å²) in [7, 11) is 1.35. The molecule has 152 valence electrons. The highest BCUT2D eigenvalue weighted by Crippen LogP contribution is 2.33. The number of benzene rings is 3. The van der Waals surface area contributed by atoms with Gasteiger partial charge in [-0.3, -0.25) is 4.79 Å². The van der Waals surface area contributed by atoms with Crippen molar-refractivity contribution in [2.24, 2.45) is 0 Å². The topological polar surface area (TPSA) is 60.7 Å². The van der Waals surface area contributed by atoms with Crippen LogP contribution in [0, 0.1) is 0 Å². The summed E-state index contributed by atoms with van der Waals surface area (Å²) in [5.74, 6) is -0.409. The molecule has 0 atom stereocenters. The van der Waals surface area contributed by atoms with Crippen LogP contribution in [0.1, 0.15) is 5.56 Å². The van der Waals surface area contributed by atoms with Crippen LogP contribution in [0.25, 0.3) is 28.0 Å². The number of furan rings is 1. The molecule has 0 bridgehead atoms. The van der Waals surface area contributed by atoms with E-state index < -0.39 is 12.5 Å². The first-order valence-corrected chi connectivity index (χ1v) is 9.07. The molecule has 4 rings (SSSR count). The van der Waals surface area contributed by atoms with Crippen LogP contribution in [0.2, 0.25) is 0 Å². The van der Waals surface area contributed by atoms with Crippen molar-refractivity contribution in [2.45, 2.75) is 6.61 Å². The highest BCUT2D eigenvalue weighted by molar-refractivity contribution is 6.08. The Labute approximate surface area is 170 Å². The van der Waals surface area contributed by atoms with Gasteiger partial charge < -0.3 is 19.2 Å². The number of carbonyl (C=O) groups is 1. The molecule has 1 N–H and O–H groups in total. The van der Waals surface area contributed by atoms with Crippen molar-refractivity contribution in [3.05, 3.63) is 72.3 Å². The molecule has 0 aliphatic carbocycles. The van der Waals surface area contributed by atoms with E-state index in [0.717, 1.165) is 21.9 Å². The molecule has 3 aromatic carbocycles. The molecule has 7 heteroatoms. The smallest absolute Gasteiger partial charge is 0.387 e. The predicted octanol–water partition coefficient (Wildman–Crippen LogP) is 5.85. The van der Waals surface area contributed by atoms with Crippen molar-refractivity contribution in [1.82, 2.24) is 0 Å². The van der Waals surface area contributed by atoms with Crippen LogP contribution in [0.15, 0.2) is 71.2 Å². The number of rotatable bonds is 6. The number of carbonyl (C=O) groups excluding carboxylic acids is 1. The Hall–Kier alpha value is -3.87. The lowest BCUT2D eigenvalue weighted by atomic mass is 10.1. The molecule has 1 amide bonds. The van der Waals surface area contributed by atoms with Crippen LogP contribution in [0.5, 0.6) is 11.5 Å². The predicted molar refractivity (Wildman–Crippen MR) is 111 cm³/mol. The van der Waals surface area contributed by atoms with E-state index in [1.807, 2.05) is 30.3 Å². The number of anilines is 1. The molecule has 30 heavy (non-hydrogen) atoms. The highest BCUT2D eigenvalue weighted by atomic mass is 19.3. The first-order valence-electron chi connectivity index (χ1n) is 9.07. The summed E-state index contributed by atoms with van der Waals surface area (Å²) in [6.07, 6.45) is 2.63. The summed E-state index contributed by atoms with van der Waals surface area (Å²) in [6.45, 7) is -3.02. The molecule has 1 heterocycles. The largest absolute Gasteiger partial charge is 0.493 e. The fourth-order valence-corrected chi connectivity index (χ4v) is 3.19. The molecule has 0 fully saturated rings. The van der Waals surface area contributed by atoms with Gasteiger partial charge in [-0.15, -0.1) is 0 Å². The summed E-state index contributed by atoms with van der Waals surface area (Å²) in [6, 6.07) is 17.6. The van der Waals surface area contributed by atoms with Gasteiger partial charge in [-0.05, 0) is 36.4 Å². The van der Waals surface area contributed by atoms with Crippen molar-refractivity contribution >= 4 is 39.6 Å². The van der Waals surface area contributed by atoms with Crippen LogP contribution < -0.4 is 14.8 Å². The van der Waals surface area contributed by atoms with E-state index in [9.17, 15) is 13.6 Å². The maximum absolute atomic E-state index is 12.7. The van der Waals surface area contributed by atoms with Crippen molar-refractivity contribution in [2.75, 3.05) is 12.4 Å². The quantitative estimate of drug-likeness (QED) is 0.406. The van der Waals surface area contributed by atoms with Crippen molar-refractivity contribution < 1.29 is 27.5 Å². The second-order valence-corrected chi connectivity index (χ2v) is 6.39. The minimum Gasteiger partial charge on any atom is -0.493 e. The van der Waals surface area contributed by atoms with Crippen LogP contribution in [0.4, 0.5) is 14.5 Å². The standard InChI is InChI=1S/C23H17F2NO4/c1-28-20-8-4-5-14(22(20)30-23(24)25)9-12-21(27)26-15-10-11-19-17(13-15)16-6-2-3-7-18(16)29-19/h2-13,23H,1H3,(H,26,27)/b12-9+. The first-order chi connectivity index (χ1) is 14.5. The molecule has 0 radical (unpaired) electrons. The highest BCUT2D eigenvalue weighted by Gasteiger charge is 2.14. The molecule has 0 aliphatic rings. The van der Waals surface area contributed by atoms with Crippen LogP contribution in [-0.4, -0.2) is 19.6 Å². The van der Waals surface area contributed by atoms with Gasteiger partial charge in [-0.2, -0.15) is 8.78 Å². The van der Waals surface area contributed by atoms with Gasteiger partial charge in [0.2, 0.25) is 5.91 Å². The molecular formula is C23H17F2NO4. The third-order valence-electron chi connectivity index (χ3n) is 4.49. The third kappa shape index (κ3) is 3.96. The Morgan fingerprint density at radius 2 is 1.83 bits per heavy atom. The van der Waals surface area contributed by atoms with Crippen LogP contribution in [-0.2, 0) is 4.79 Å². The van der Waals surface area contributed by atoms with Gasteiger partial charge in [0.15, 0.2) is 11.5 Å². The van der Waals surface area contributed by atoms with Gasteiger partial charge >= 0.3 is 6.61 Å². The van der Waals surface area contributed by atoms with E-state index in [2.05, 4.69) is 10.1 Å². The van der Waals surface area contributed by atoms with Gasteiger partial charge in [0.05, 0.1) is 7.11 Å². The molecule has 0 saturated heterocycles. The zero-order chi connectivity index (χ0) is 21.1. The second kappa shape index (κ2) is 8.24. The fourth-order valence-electron chi connectivity index (χ4n) is 3.19. The SMILES string of the molecule is COc1cccc(/C=C/C(=O)Nc2ccc3oc4ccccc4c3c2)c1OC(F)F. The van der Waals surface area contributed by atoms with E-state index in [0.29, 0.717) is 11.3 Å². The summed E-state index contributed by atoms with van der Waals surface area (Å²) in [5, 5.41) is 4.59. The van der Waals surface area contributed by atoms with Gasteiger partial charge in [-0.1, -0.05) is 30.3 Å². The molecule has 0 saturated carbocycles. The van der Waals surface area contributed by atoms with E-state index in [1.54, 1.807) is 24.3 Å². The summed E-state index contributed by atoms with van der Waals surface area (Å²) < 4.78 is 40.8. The van der Waals surface area contributed by atoms with Gasteiger partial charge in [-0.25, -0.2) is 0 Å².